The van der Waals surface area contributed by atoms with Crippen molar-refractivity contribution in [2.45, 2.75) is 12.6 Å². The Hall–Kier alpha value is -1.59. The zero-order valence-electron chi connectivity index (χ0n) is 9.60. The number of aromatic hydroxyl groups is 1. The van der Waals surface area contributed by atoms with Gasteiger partial charge in [0.05, 0.1) is 6.61 Å². The van der Waals surface area contributed by atoms with E-state index in [1.165, 1.54) is 6.07 Å². The van der Waals surface area contributed by atoms with Crippen LogP contribution in [0.4, 0.5) is 0 Å². The second-order valence-electron chi connectivity index (χ2n) is 4.16. The Labute approximate surface area is 99.3 Å². The number of ether oxygens (including phenoxy) is 2. The normalized spacial score (nSPS) is 24.3. The minimum Gasteiger partial charge on any atom is -0.504 e. The number of aldehydes is 1. The summed E-state index contributed by atoms with van der Waals surface area (Å²) in [6.45, 7) is 3.60. The van der Waals surface area contributed by atoms with Crippen LogP contribution in [0.15, 0.2) is 18.2 Å². The summed E-state index contributed by atoms with van der Waals surface area (Å²) in [6.07, 6.45) is 0.674. The molecule has 0 bridgehead atoms. The second kappa shape index (κ2) is 4.73. The molecule has 17 heavy (non-hydrogen) atoms. The fourth-order valence-electron chi connectivity index (χ4n) is 1.71. The molecular formula is C12H15NO4. The van der Waals surface area contributed by atoms with Crippen LogP contribution in [0.25, 0.3) is 0 Å². The lowest BCUT2D eigenvalue weighted by molar-refractivity contribution is -0.0710. The van der Waals surface area contributed by atoms with Gasteiger partial charge >= 0.3 is 0 Å². The first-order valence-electron chi connectivity index (χ1n) is 5.43. The minimum absolute atomic E-state index is 0.0526. The average molecular weight is 237 g/mol. The molecule has 1 atom stereocenters. The van der Waals surface area contributed by atoms with Gasteiger partial charge in [-0.1, -0.05) is 0 Å². The number of phenolic OH excluding ortho intramolecular Hbond substituents is 1. The van der Waals surface area contributed by atoms with E-state index in [0.29, 0.717) is 37.4 Å². The van der Waals surface area contributed by atoms with E-state index in [1.54, 1.807) is 12.1 Å². The van der Waals surface area contributed by atoms with Gasteiger partial charge in [-0.3, -0.25) is 10.1 Å². The number of benzene rings is 1. The zero-order valence-corrected chi connectivity index (χ0v) is 9.60. The summed E-state index contributed by atoms with van der Waals surface area (Å²) in [5.41, 5.74) is -0.244. The fraction of sp³-hybridized carbons (Fsp3) is 0.417. The largest absolute Gasteiger partial charge is 0.504 e. The van der Waals surface area contributed by atoms with E-state index >= 15 is 0 Å². The number of carbonyl (C=O) groups is 1. The van der Waals surface area contributed by atoms with Gasteiger partial charge in [-0.2, -0.15) is 0 Å². The Morgan fingerprint density at radius 1 is 1.59 bits per heavy atom. The Morgan fingerprint density at radius 3 is 3.00 bits per heavy atom. The topological polar surface area (TPSA) is 67.8 Å². The van der Waals surface area contributed by atoms with Gasteiger partial charge in [-0.25, -0.2) is 0 Å². The van der Waals surface area contributed by atoms with Gasteiger partial charge in [0.2, 0.25) is 0 Å². The SMILES string of the molecule is C[C@]1(Oc2ccc(C=O)cc2O)COCCN1. The van der Waals surface area contributed by atoms with Gasteiger partial charge in [0.15, 0.2) is 17.2 Å². The molecule has 0 aliphatic carbocycles. The molecule has 1 fully saturated rings. The van der Waals surface area contributed by atoms with E-state index in [1.807, 2.05) is 6.92 Å². The van der Waals surface area contributed by atoms with Crippen LogP contribution >= 0.6 is 0 Å². The summed E-state index contributed by atoms with van der Waals surface area (Å²) in [7, 11) is 0. The molecule has 0 unspecified atom stereocenters. The maximum absolute atomic E-state index is 10.5. The van der Waals surface area contributed by atoms with Crippen molar-refractivity contribution >= 4 is 6.29 Å². The van der Waals surface area contributed by atoms with Gasteiger partial charge in [-0.15, -0.1) is 0 Å². The third-order valence-electron chi connectivity index (χ3n) is 2.58. The first-order valence-corrected chi connectivity index (χ1v) is 5.43. The molecule has 1 saturated heterocycles. The standard InChI is InChI=1S/C12H15NO4/c1-12(8-16-5-4-13-12)17-11-3-2-9(7-14)6-10(11)15/h2-3,6-7,13,15H,4-5,8H2,1H3/t12-/m0/s1. The number of carbonyl (C=O) groups excluding carboxylic acids is 1. The molecule has 2 rings (SSSR count). The number of hydrogen-bond donors (Lipinski definition) is 2. The van der Waals surface area contributed by atoms with Gasteiger partial charge in [0.25, 0.3) is 0 Å². The average Bonchev–Trinajstić information content (AvgIpc) is 2.32. The number of phenols is 1. The highest BCUT2D eigenvalue weighted by molar-refractivity contribution is 5.76. The Morgan fingerprint density at radius 2 is 2.41 bits per heavy atom. The van der Waals surface area contributed by atoms with Crippen molar-refractivity contribution in [3.05, 3.63) is 23.8 Å². The molecular weight excluding hydrogens is 222 g/mol. The lowest BCUT2D eigenvalue weighted by Crippen LogP contribution is -2.56. The molecule has 5 nitrogen and oxygen atoms in total. The zero-order chi connectivity index (χ0) is 12.3. The van der Waals surface area contributed by atoms with E-state index in [0.717, 1.165) is 0 Å². The molecule has 1 aliphatic heterocycles. The quantitative estimate of drug-likeness (QED) is 0.765. The van der Waals surface area contributed by atoms with Crippen molar-refractivity contribution in [3.8, 4) is 11.5 Å². The van der Waals surface area contributed by atoms with Crippen LogP contribution in [0.3, 0.4) is 0 Å². The monoisotopic (exact) mass is 237 g/mol. The molecule has 5 heteroatoms. The van der Waals surface area contributed by atoms with E-state index in [9.17, 15) is 9.90 Å². The van der Waals surface area contributed by atoms with Crippen LogP contribution in [0.1, 0.15) is 17.3 Å². The molecule has 0 aromatic heterocycles. The molecule has 2 N–H and O–H groups in total. The third-order valence-corrected chi connectivity index (χ3v) is 2.58. The highest BCUT2D eigenvalue weighted by atomic mass is 16.6. The number of hydrogen-bond acceptors (Lipinski definition) is 5. The highest BCUT2D eigenvalue weighted by Gasteiger charge is 2.29. The van der Waals surface area contributed by atoms with Gasteiger partial charge < -0.3 is 14.6 Å². The fourth-order valence-corrected chi connectivity index (χ4v) is 1.71. The molecule has 1 aliphatic rings. The molecule has 1 heterocycles. The molecule has 1 aromatic rings. The number of nitrogens with one attached hydrogen (secondary N) is 1. The molecule has 0 radical (unpaired) electrons. The summed E-state index contributed by atoms with van der Waals surface area (Å²) in [5, 5.41) is 12.9. The van der Waals surface area contributed by atoms with Gasteiger partial charge in [-0.05, 0) is 25.1 Å². The minimum atomic E-state index is -0.654. The van der Waals surface area contributed by atoms with Crippen LogP contribution in [-0.4, -0.2) is 36.9 Å². The Balaban J connectivity index is 2.15. The summed E-state index contributed by atoms with van der Waals surface area (Å²) in [6, 6.07) is 4.53. The van der Waals surface area contributed by atoms with Crippen molar-refractivity contribution < 1.29 is 19.4 Å². The van der Waals surface area contributed by atoms with Crippen molar-refractivity contribution in [2.75, 3.05) is 19.8 Å². The van der Waals surface area contributed by atoms with Gasteiger partial charge in [0.1, 0.15) is 12.9 Å². The van der Waals surface area contributed by atoms with Crippen molar-refractivity contribution in [3.63, 3.8) is 0 Å². The summed E-state index contributed by atoms with van der Waals surface area (Å²) in [5.74, 6) is 0.277. The lowest BCUT2D eigenvalue weighted by atomic mass is 10.2. The lowest BCUT2D eigenvalue weighted by Gasteiger charge is -2.35. The predicted molar refractivity (Wildman–Crippen MR) is 61.3 cm³/mol. The highest BCUT2D eigenvalue weighted by Crippen LogP contribution is 2.29. The van der Waals surface area contributed by atoms with Crippen LogP contribution in [0.2, 0.25) is 0 Å². The summed E-state index contributed by atoms with van der Waals surface area (Å²) >= 11 is 0. The second-order valence-corrected chi connectivity index (χ2v) is 4.16. The van der Waals surface area contributed by atoms with Crippen LogP contribution in [0, 0.1) is 0 Å². The van der Waals surface area contributed by atoms with E-state index in [2.05, 4.69) is 5.32 Å². The summed E-state index contributed by atoms with van der Waals surface area (Å²) < 4.78 is 11.0. The maximum Gasteiger partial charge on any atom is 0.181 e. The van der Waals surface area contributed by atoms with E-state index in [4.69, 9.17) is 9.47 Å². The van der Waals surface area contributed by atoms with Crippen molar-refractivity contribution in [1.82, 2.24) is 5.32 Å². The van der Waals surface area contributed by atoms with Crippen LogP contribution in [-0.2, 0) is 4.74 Å². The molecule has 1 aromatic carbocycles. The molecule has 0 spiro atoms. The van der Waals surface area contributed by atoms with E-state index < -0.39 is 5.72 Å². The van der Waals surface area contributed by atoms with Crippen LogP contribution in [0.5, 0.6) is 11.5 Å². The van der Waals surface area contributed by atoms with Crippen molar-refractivity contribution in [1.29, 1.82) is 0 Å². The summed E-state index contributed by atoms with van der Waals surface area (Å²) in [4.78, 5) is 10.5. The molecule has 92 valence electrons. The maximum atomic E-state index is 10.5. The van der Waals surface area contributed by atoms with E-state index in [-0.39, 0.29) is 5.75 Å². The van der Waals surface area contributed by atoms with Crippen LogP contribution < -0.4 is 10.1 Å². The number of rotatable bonds is 3. The predicted octanol–water partition coefficient (Wildman–Crippen LogP) is 0.919. The van der Waals surface area contributed by atoms with Gasteiger partial charge in [0, 0.05) is 12.1 Å². The molecule has 0 saturated carbocycles. The van der Waals surface area contributed by atoms with Crippen molar-refractivity contribution in [2.24, 2.45) is 0 Å². The smallest absolute Gasteiger partial charge is 0.181 e. The number of morpholine rings is 1. The third kappa shape index (κ3) is 2.75. The Bertz CT molecular complexity index is 413. The first-order chi connectivity index (χ1) is 8.13. The Kier molecular flexibility index (Phi) is 3.31. The molecule has 0 amide bonds. The first kappa shape index (κ1) is 11.9.